The van der Waals surface area contributed by atoms with Crippen LogP contribution < -0.4 is 10.1 Å². The van der Waals surface area contributed by atoms with E-state index in [0.29, 0.717) is 18.1 Å². The van der Waals surface area contributed by atoms with Gasteiger partial charge < -0.3 is 15.2 Å². The van der Waals surface area contributed by atoms with Crippen molar-refractivity contribution >= 4 is 11.7 Å². The summed E-state index contributed by atoms with van der Waals surface area (Å²) in [5, 5.41) is 13.3. The molecule has 0 unspecified atom stereocenters. The van der Waals surface area contributed by atoms with Crippen LogP contribution in [0.25, 0.3) is 0 Å². The number of nitrogens with one attached hydrogen (secondary N) is 1. The van der Waals surface area contributed by atoms with Crippen LogP contribution in [-0.4, -0.2) is 11.1 Å². The highest BCUT2D eigenvalue weighted by atomic mass is 16.5. The van der Waals surface area contributed by atoms with E-state index in [1.165, 1.54) is 22.3 Å². The molecule has 6 rings (SSSR count). The Morgan fingerprint density at radius 2 is 1.71 bits per heavy atom. The fourth-order valence-electron chi connectivity index (χ4n) is 5.65. The Hall–Kier alpha value is -4.05. The first-order chi connectivity index (χ1) is 17.1. The molecule has 2 N–H and O–H groups in total. The molecular weight excluding hydrogens is 434 g/mol. The van der Waals surface area contributed by atoms with Crippen LogP contribution in [0.5, 0.6) is 5.75 Å². The maximum Gasteiger partial charge on any atom is 0.335 e. The number of aryl methyl sites for hydroxylation is 1. The Labute approximate surface area is 205 Å². The lowest BCUT2D eigenvalue weighted by molar-refractivity contribution is 0.0696. The molecule has 3 atom stereocenters. The lowest BCUT2D eigenvalue weighted by Gasteiger charge is -2.38. The van der Waals surface area contributed by atoms with Crippen molar-refractivity contribution in [3.63, 3.8) is 0 Å². The van der Waals surface area contributed by atoms with E-state index in [1.54, 1.807) is 6.07 Å². The van der Waals surface area contributed by atoms with Gasteiger partial charge in [0.15, 0.2) is 0 Å². The van der Waals surface area contributed by atoms with E-state index < -0.39 is 5.97 Å². The highest BCUT2D eigenvalue weighted by Gasteiger charge is 2.43. The number of hydrogen-bond acceptors (Lipinski definition) is 3. The summed E-state index contributed by atoms with van der Waals surface area (Å²) in [6.07, 6.45) is 0.959. The molecule has 0 spiro atoms. The summed E-state index contributed by atoms with van der Waals surface area (Å²) < 4.78 is 6.03. The van der Waals surface area contributed by atoms with Crippen LogP contribution in [0.2, 0.25) is 0 Å². The number of anilines is 1. The number of ether oxygens (including phenoxy) is 1. The van der Waals surface area contributed by atoms with E-state index in [1.807, 2.05) is 24.3 Å². The van der Waals surface area contributed by atoms with Crippen molar-refractivity contribution in [2.75, 3.05) is 5.32 Å². The number of benzene rings is 4. The number of carbonyl (C=O) groups is 1. The minimum Gasteiger partial charge on any atom is -0.489 e. The highest BCUT2D eigenvalue weighted by Crippen LogP contribution is 2.54. The van der Waals surface area contributed by atoms with Gasteiger partial charge in [0.25, 0.3) is 0 Å². The molecule has 0 bridgehead atoms. The van der Waals surface area contributed by atoms with Gasteiger partial charge in [-0.15, -0.1) is 0 Å². The topological polar surface area (TPSA) is 58.6 Å². The van der Waals surface area contributed by atoms with Crippen LogP contribution in [0.3, 0.4) is 0 Å². The van der Waals surface area contributed by atoms with Crippen LogP contribution in [-0.2, 0) is 13.0 Å². The number of hydrogen-bond donors (Lipinski definition) is 2. The minimum atomic E-state index is -0.890. The third kappa shape index (κ3) is 3.95. The first-order valence-electron chi connectivity index (χ1n) is 12.1. The summed E-state index contributed by atoms with van der Waals surface area (Å²) in [6.45, 7) is 2.63. The molecule has 4 nitrogen and oxygen atoms in total. The average molecular weight is 462 g/mol. The summed E-state index contributed by atoms with van der Waals surface area (Å²) in [6, 6.07) is 31.0. The SMILES string of the molecule is Cc1ccc(COc2ccc([C@@H]3Nc4ccc(C(=O)O)cc4[C@H]4c5ccccc5C[C@@H]43)cc2)cc1. The van der Waals surface area contributed by atoms with E-state index >= 15 is 0 Å². The van der Waals surface area contributed by atoms with E-state index in [2.05, 4.69) is 72.9 Å². The lowest BCUT2D eigenvalue weighted by atomic mass is 9.75. The van der Waals surface area contributed by atoms with Crippen LogP contribution in [0, 0.1) is 12.8 Å². The van der Waals surface area contributed by atoms with E-state index in [4.69, 9.17) is 4.74 Å². The second kappa shape index (κ2) is 8.62. The van der Waals surface area contributed by atoms with Gasteiger partial charge in [-0.2, -0.15) is 0 Å². The third-order valence-corrected chi connectivity index (χ3v) is 7.41. The molecule has 1 aliphatic heterocycles. The number of aromatic carboxylic acids is 1. The summed E-state index contributed by atoms with van der Waals surface area (Å²) in [5.41, 5.74) is 8.69. The van der Waals surface area contributed by atoms with Crippen LogP contribution in [0.15, 0.2) is 91.0 Å². The summed E-state index contributed by atoms with van der Waals surface area (Å²) in [5.74, 6) is 0.439. The van der Waals surface area contributed by atoms with Gasteiger partial charge in [0.2, 0.25) is 0 Å². The first kappa shape index (κ1) is 21.5. The lowest BCUT2D eigenvalue weighted by Crippen LogP contribution is -2.30. The summed E-state index contributed by atoms with van der Waals surface area (Å²) >= 11 is 0. The number of rotatable bonds is 5. The van der Waals surface area contributed by atoms with E-state index in [0.717, 1.165) is 29.0 Å². The zero-order valence-electron chi connectivity index (χ0n) is 19.6. The maximum atomic E-state index is 11.7. The third-order valence-electron chi connectivity index (χ3n) is 7.41. The molecule has 35 heavy (non-hydrogen) atoms. The van der Waals surface area contributed by atoms with Gasteiger partial charge in [0, 0.05) is 11.6 Å². The Morgan fingerprint density at radius 1 is 0.943 bits per heavy atom. The van der Waals surface area contributed by atoms with Crippen molar-refractivity contribution in [1.29, 1.82) is 0 Å². The van der Waals surface area contributed by atoms with Gasteiger partial charge in [-0.05, 0) is 77.4 Å². The van der Waals surface area contributed by atoms with Crippen molar-refractivity contribution in [2.45, 2.75) is 31.9 Å². The molecule has 0 aromatic heterocycles. The van der Waals surface area contributed by atoms with Gasteiger partial charge in [0.05, 0.1) is 11.6 Å². The van der Waals surface area contributed by atoms with Crippen molar-refractivity contribution in [1.82, 2.24) is 0 Å². The van der Waals surface area contributed by atoms with Gasteiger partial charge in [0.1, 0.15) is 12.4 Å². The Bertz CT molecular complexity index is 1390. The maximum absolute atomic E-state index is 11.7. The molecule has 1 heterocycles. The molecule has 1 aliphatic carbocycles. The normalized spacial score (nSPS) is 19.7. The van der Waals surface area contributed by atoms with Crippen LogP contribution in [0.1, 0.15) is 55.7 Å². The molecule has 0 amide bonds. The fraction of sp³-hybridized carbons (Fsp3) is 0.194. The molecule has 2 aliphatic rings. The molecule has 0 saturated carbocycles. The number of carboxylic acids is 1. The van der Waals surface area contributed by atoms with Crippen molar-refractivity contribution in [2.24, 2.45) is 5.92 Å². The highest BCUT2D eigenvalue weighted by molar-refractivity contribution is 5.89. The number of carboxylic acid groups (broad SMARTS) is 1. The molecular formula is C31H27NO3. The zero-order chi connectivity index (χ0) is 23.9. The quantitative estimate of drug-likeness (QED) is 0.345. The van der Waals surface area contributed by atoms with E-state index in [9.17, 15) is 9.90 Å². The van der Waals surface area contributed by atoms with Gasteiger partial charge in [-0.3, -0.25) is 0 Å². The Balaban J connectivity index is 1.29. The summed E-state index contributed by atoms with van der Waals surface area (Å²) in [4.78, 5) is 11.7. The molecule has 4 heteroatoms. The molecule has 4 aromatic carbocycles. The Kier molecular flexibility index (Phi) is 5.29. The molecule has 0 saturated heterocycles. The molecule has 174 valence electrons. The predicted molar refractivity (Wildman–Crippen MR) is 137 cm³/mol. The van der Waals surface area contributed by atoms with Crippen molar-refractivity contribution < 1.29 is 14.6 Å². The second-order valence-corrected chi connectivity index (χ2v) is 9.62. The van der Waals surface area contributed by atoms with Gasteiger partial charge >= 0.3 is 5.97 Å². The van der Waals surface area contributed by atoms with Gasteiger partial charge in [-0.1, -0.05) is 66.2 Å². The van der Waals surface area contributed by atoms with Crippen molar-refractivity contribution in [3.8, 4) is 5.75 Å². The molecule has 0 fully saturated rings. The average Bonchev–Trinajstić information content (AvgIpc) is 3.28. The minimum absolute atomic E-state index is 0.127. The predicted octanol–water partition coefficient (Wildman–Crippen LogP) is 6.74. The Morgan fingerprint density at radius 3 is 2.49 bits per heavy atom. The van der Waals surface area contributed by atoms with Crippen LogP contribution >= 0.6 is 0 Å². The summed E-state index contributed by atoms with van der Waals surface area (Å²) in [7, 11) is 0. The fourth-order valence-corrected chi connectivity index (χ4v) is 5.65. The first-order valence-corrected chi connectivity index (χ1v) is 12.1. The molecule has 4 aromatic rings. The van der Waals surface area contributed by atoms with Crippen LogP contribution in [0.4, 0.5) is 5.69 Å². The van der Waals surface area contributed by atoms with Gasteiger partial charge in [-0.25, -0.2) is 4.79 Å². The zero-order valence-corrected chi connectivity index (χ0v) is 19.6. The van der Waals surface area contributed by atoms with Crippen molar-refractivity contribution in [3.05, 3.63) is 130 Å². The smallest absolute Gasteiger partial charge is 0.335 e. The van der Waals surface area contributed by atoms with E-state index in [-0.39, 0.29) is 12.0 Å². The molecule has 0 radical (unpaired) electrons. The monoisotopic (exact) mass is 461 g/mol. The second-order valence-electron chi connectivity index (χ2n) is 9.62. The standard InChI is InChI=1S/C31H27NO3/c1-19-6-8-20(9-7-19)18-35-24-13-10-21(11-14-24)30-27-16-22-4-2-3-5-25(22)29(27)26-17-23(31(33)34)12-15-28(26)32-30/h2-15,17,27,29-30,32H,16,18H2,1H3,(H,33,34)/t27-,29+,30-/m0/s1. The number of fused-ring (bicyclic) bond motifs is 5. The largest absolute Gasteiger partial charge is 0.489 e.